The van der Waals surface area contributed by atoms with Crippen molar-refractivity contribution in [3.63, 3.8) is 0 Å². The Morgan fingerprint density at radius 1 is 0.500 bits per heavy atom. The second kappa shape index (κ2) is 10.9. The predicted octanol–water partition coefficient (Wildman–Crippen LogP) is 11.6. The van der Waals surface area contributed by atoms with Gasteiger partial charge in [0, 0.05) is 32.9 Å². The van der Waals surface area contributed by atoms with Gasteiger partial charge in [-0.25, -0.2) is 4.85 Å². The number of rotatable bonds is 4. The first-order chi connectivity index (χ1) is 23.7. The number of fused-ring (bicyclic) bond motifs is 6. The van der Waals surface area contributed by atoms with Crippen LogP contribution in [0.25, 0.3) is 82.1 Å². The molecule has 0 atom stereocenters. The number of hydrogen-bond acceptors (Lipinski definition) is 1. The third kappa shape index (κ3) is 4.07. The van der Waals surface area contributed by atoms with Gasteiger partial charge in [-0.05, 0) is 70.6 Å². The van der Waals surface area contributed by atoms with E-state index in [1.807, 2.05) is 48.5 Å². The van der Waals surface area contributed by atoms with Gasteiger partial charge in [0.1, 0.15) is 6.07 Å². The van der Waals surface area contributed by atoms with Crippen molar-refractivity contribution < 1.29 is 0 Å². The van der Waals surface area contributed by atoms with Gasteiger partial charge >= 0.3 is 0 Å². The molecule has 4 heteroatoms. The van der Waals surface area contributed by atoms with E-state index in [1.54, 1.807) is 0 Å². The number of nitriles is 1. The van der Waals surface area contributed by atoms with Gasteiger partial charge in [0.2, 0.25) is 0 Å². The maximum absolute atomic E-state index is 11.0. The third-order valence-corrected chi connectivity index (χ3v) is 9.37. The van der Waals surface area contributed by atoms with Crippen molar-refractivity contribution in [3.8, 4) is 39.7 Å². The highest BCUT2D eigenvalue weighted by molar-refractivity contribution is 6.15. The van der Waals surface area contributed by atoms with E-state index in [9.17, 15) is 5.26 Å². The first kappa shape index (κ1) is 27.4. The molecule has 0 bridgehead atoms. The largest absolute Gasteiger partial charge is 0.309 e. The Hall–Kier alpha value is -6.88. The highest BCUT2D eigenvalue weighted by atomic mass is 15.0. The van der Waals surface area contributed by atoms with Crippen LogP contribution < -0.4 is 0 Å². The average Bonchev–Trinajstić information content (AvgIpc) is 3.68. The Morgan fingerprint density at radius 3 is 1.77 bits per heavy atom. The van der Waals surface area contributed by atoms with E-state index in [-0.39, 0.29) is 0 Å². The normalized spacial score (nSPS) is 11.3. The molecule has 0 aliphatic rings. The molecule has 9 rings (SSSR count). The van der Waals surface area contributed by atoms with Crippen molar-refractivity contribution in [2.24, 2.45) is 0 Å². The van der Waals surface area contributed by atoms with E-state index < -0.39 is 0 Å². The molecular weight excluding hydrogens is 585 g/mol. The molecule has 2 heterocycles. The molecule has 0 unspecified atom stereocenters. The minimum atomic E-state index is 0.574. The van der Waals surface area contributed by atoms with E-state index in [0.29, 0.717) is 11.3 Å². The SMILES string of the molecule is [C-]#[N+]c1cccc2c1c1ccccc1n2-c1cc(-c2ccccc2)cc(-c2cccc(-n3c4ccccc4c4ccccc43)c2)c1C#N. The van der Waals surface area contributed by atoms with Gasteiger partial charge in [0.05, 0.1) is 34.4 Å². The molecule has 0 radical (unpaired) electrons. The fourth-order valence-corrected chi connectivity index (χ4v) is 7.31. The Kier molecular flexibility index (Phi) is 6.22. The molecule has 0 spiro atoms. The molecular formula is C44H26N4. The Labute approximate surface area is 277 Å². The summed E-state index contributed by atoms with van der Waals surface area (Å²) in [5, 5.41) is 15.3. The molecule has 0 saturated heterocycles. The second-order valence-corrected chi connectivity index (χ2v) is 12.0. The van der Waals surface area contributed by atoms with Crippen LogP contribution in [0.5, 0.6) is 0 Å². The summed E-state index contributed by atoms with van der Waals surface area (Å²) >= 11 is 0. The van der Waals surface area contributed by atoms with Crippen LogP contribution in [-0.2, 0) is 0 Å². The van der Waals surface area contributed by atoms with Gasteiger partial charge in [-0.2, -0.15) is 5.26 Å². The summed E-state index contributed by atoms with van der Waals surface area (Å²) in [6.45, 7) is 7.93. The van der Waals surface area contributed by atoms with Gasteiger partial charge < -0.3 is 9.13 Å². The van der Waals surface area contributed by atoms with Crippen LogP contribution in [0.3, 0.4) is 0 Å². The van der Waals surface area contributed by atoms with Crippen molar-refractivity contribution in [2.45, 2.75) is 0 Å². The first-order valence-electron chi connectivity index (χ1n) is 15.9. The van der Waals surface area contributed by atoms with Gasteiger partial charge in [0.25, 0.3) is 0 Å². The molecule has 0 N–H and O–H groups in total. The maximum atomic E-state index is 11.0. The molecule has 0 aliphatic carbocycles. The van der Waals surface area contributed by atoms with Crippen LogP contribution >= 0.6 is 0 Å². The van der Waals surface area contributed by atoms with Crippen LogP contribution in [0.1, 0.15) is 5.56 Å². The Morgan fingerprint density at radius 2 is 1.08 bits per heavy atom. The lowest BCUT2D eigenvalue weighted by atomic mass is 9.93. The number of aromatic nitrogens is 2. The van der Waals surface area contributed by atoms with Crippen molar-refractivity contribution in [1.29, 1.82) is 5.26 Å². The van der Waals surface area contributed by atoms with Crippen LogP contribution in [0.4, 0.5) is 5.69 Å². The smallest absolute Gasteiger partial charge is 0.197 e. The fourth-order valence-electron chi connectivity index (χ4n) is 7.31. The van der Waals surface area contributed by atoms with E-state index >= 15 is 0 Å². The summed E-state index contributed by atoms with van der Waals surface area (Å²) in [5.41, 5.74) is 11.0. The highest BCUT2D eigenvalue weighted by Gasteiger charge is 2.21. The minimum absolute atomic E-state index is 0.574. The number of benzene rings is 7. The summed E-state index contributed by atoms with van der Waals surface area (Å²) in [5.74, 6) is 0. The molecule has 7 aromatic carbocycles. The molecule has 48 heavy (non-hydrogen) atoms. The lowest BCUT2D eigenvalue weighted by molar-refractivity contribution is 1.17. The van der Waals surface area contributed by atoms with Gasteiger partial charge in [-0.3, -0.25) is 0 Å². The van der Waals surface area contributed by atoms with Crippen LogP contribution in [0.2, 0.25) is 0 Å². The fraction of sp³-hybridized carbons (Fsp3) is 0. The van der Waals surface area contributed by atoms with Crippen molar-refractivity contribution in [1.82, 2.24) is 9.13 Å². The van der Waals surface area contributed by atoms with Crippen LogP contribution in [0.15, 0.2) is 158 Å². The van der Waals surface area contributed by atoms with E-state index in [4.69, 9.17) is 6.57 Å². The zero-order chi connectivity index (χ0) is 32.2. The maximum Gasteiger partial charge on any atom is 0.197 e. The molecule has 0 amide bonds. The zero-order valence-corrected chi connectivity index (χ0v) is 25.8. The quantitative estimate of drug-likeness (QED) is 0.183. The van der Waals surface area contributed by atoms with Gasteiger partial charge in [0.15, 0.2) is 5.69 Å². The molecule has 0 saturated carbocycles. The second-order valence-electron chi connectivity index (χ2n) is 12.0. The summed E-state index contributed by atoms with van der Waals surface area (Å²) in [6, 6.07) is 56.6. The number of para-hydroxylation sites is 3. The van der Waals surface area contributed by atoms with Crippen molar-refractivity contribution in [2.75, 3.05) is 0 Å². The zero-order valence-electron chi connectivity index (χ0n) is 25.8. The van der Waals surface area contributed by atoms with Crippen LogP contribution in [-0.4, -0.2) is 9.13 Å². The van der Waals surface area contributed by atoms with Gasteiger partial charge in [-0.15, -0.1) is 0 Å². The Bertz CT molecular complexity index is 2750. The molecule has 2 aromatic heterocycles. The summed E-state index contributed by atoms with van der Waals surface area (Å²) < 4.78 is 4.46. The van der Waals surface area contributed by atoms with E-state index in [2.05, 4.69) is 129 Å². The lowest BCUT2D eigenvalue weighted by Crippen LogP contribution is -2.01. The van der Waals surface area contributed by atoms with E-state index in [1.165, 1.54) is 10.8 Å². The topological polar surface area (TPSA) is 38.0 Å². The Balaban J connectivity index is 1.36. The van der Waals surface area contributed by atoms with Crippen LogP contribution in [0, 0.1) is 17.9 Å². The molecule has 4 nitrogen and oxygen atoms in total. The standard InChI is InChI=1S/C44H26N4/c1-46-38-20-12-24-42-44(38)35-19-7-10-23-41(35)48(42)43-27-31(29-13-3-2-4-14-29)26-36(37(43)28-45)30-15-11-16-32(25-30)47-39-21-8-5-17-33(39)34-18-6-9-22-40(34)47/h2-27H. The summed E-state index contributed by atoms with van der Waals surface area (Å²) in [6.07, 6.45) is 0. The first-order valence-corrected chi connectivity index (χ1v) is 15.9. The molecule has 222 valence electrons. The minimum Gasteiger partial charge on any atom is -0.309 e. The van der Waals surface area contributed by atoms with E-state index in [0.717, 1.165) is 66.5 Å². The number of hydrogen-bond donors (Lipinski definition) is 0. The molecule has 9 aromatic rings. The van der Waals surface area contributed by atoms with Gasteiger partial charge in [-0.1, -0.05) is 109 Å². The van der Waals surface area contributed by atoms with Crippen molar-refractivity contribution >= 4 is 49.3 Å². The summed E-state index contributed by atoms with van der Waals surface area (Å²) in [7, 11) is 0. The monoisotopic (exact) mass is 610 g/mol. The highest BCUT2D eigenvalue weighted by Crippen LogP contribution is 2.42. The van der Waals surface area contributed by atoms with Crippen molar-refractivity contribution in [3.05, 3.63) is 175 Å². The molecule has 0 fully saturated rings. The third-order valence-electron chi connectivity index (χ3n) is 9.37. The predicted molar refractivity (Wildman–Crippen MR) is 197 cm³/mol. The lowest BCUT2D eigenvalue weighted by Gasteiger charge is -2.17. The summed E-state index contributed by atoms with van der Waals surface area (Å²) in [4.78, 5) is 3.88. The average molecular weight is 611 g/mol. The number of nitrogens with zero attached hydrogens (tertiary/aromatic N) is 4. The molecule has 0 aliphatic heterocycles.